The lowest BCUT2D eigenvalue weighted by molar-refractivity contribution is 0.690. The fraction of sp³-hybridized carbons (Fsp3) is 0.286. The zero-order valence-electron chi connectivity index (χ0n) is 10.6. The van der Waals surface area contributed by atoms with Crippen molar-refractivity contribution < 1.29 is 0 Å². The van der Waals surface area contributed by atoms with Crippen molar-refractivity contribution in [3.05, 3.63) is 58.0 Å². The van der Waals surface area contributed by atoms with Gasteiger partial charge in [0.25, 0.3) is 5.56 Å². The van der Waals surface area contributed by atoms with E-state index in [1.54, 1.807) is 29.4 Å². The van der Waals surface area contributed by atoms with Crippen LogP contribution in [-0.2, 0) is 19.2 Å². The molecule has 0 saturated carbocycles. The van der Waals surface area contributed by atoms with E-state index in [9.17, 15) is 4.79 Å². The van der Waals surface area contributed by atoms with Gasteiger partial charge in [-0.25, -0.2) is 4.98 Å². The lowest BCUT2D eigenvalue weighted by atomic mass is 10.2. The van der Waals surface area contributed by atoms with Gasteiger partial charge in [-0.2, -0.15) is 0 Å². The third-order valence-corrected chi connectivity index (χ3v) is 3.82. The molecule has 4 heteroatoms. The number of hydrogen-bond acceptors (Lipinski definition) is 3. The number of benzene rings is 1. The molecule has 1 aromatic heterocycles. The van der Waals surface area contributed by atoms with E-state index in [0.29, 0.717) is 0 Å². The summed E-state index contributed by atoms with van der Waals surface area (Å²) in [6.45, 7) is 2.01. The molecule has 0 amide bonds. The molecule has 0 aliphatic rings. The summed E-state index contributed by atoms with van der Waals surface area (Å²) in [7, 11) is 1.77. The molecule has 0 saturated heterocycles. The van der Waals surface area contributed by atoms with Crippen LogP contribution < -0.4 is 5.56 Å². The molecule has 0 bridgehead atoms. The van der Waals surface area contributed by atoms with Crippen LogP contribution in [0.1, 0.15) is 18.2 Å². The van der Waals surface area contributed by atoms with Crippen molar-refractivity contribution in [2.45, 2.75) is 24.3 Å². The number of aromatic nitrogens is 2. The van der Waals surface area contributed by atoms with Gasteiger partial charge in [0.1, 0.15) is 0 Å². The first-order chi connectivity index (χ1) is 8.70. The van der Waals surface area contributed by atoms with Crippen LogP contribution in [0.5, 0.6) is 0 Å². The van der Waals surface area contributed by atoms with Crippen molar-refractivity contribution in [3.63, 3.8) is 0 Å². The Balaban J connectivity index is 2.19. The van der Waals surface area contributed by atoms with E-state index in [-0.39, 0.29) is 5.56 Å². The minimum absolute atomic E-state index is 0.0115. The first-order valence-electron chi connectivity index (χ1n) is 5.94. The molecule has 2 rings (SSSR count). The van der Waals surface area contributed by atoms with Crippen molar-refractivity contribution >= 4 is 11.8 Å². The largest absolute Gasteiger partial charge is 0.291 e. The van der Waals surface area contributed by atoms with Gasteiger partial charge in [0.05, 0.1) is 0 Å². The van der Waals surface area contributed by atoms with Crippen molar-refractivity contribution in [2.75, 3.05) is 0 Å². The number of nitrogens with zero attached hydrogens (tertiary/aromatic N) is 2. The molecule has 0 aliphatic heterocycles. The molecule has 0 fully saturated rings. The van der Waals surface area contributed by atoms with Gasteiger partial charge in [-0.3, -0.25) is 9.36 Å². The molecule has 2 aromatic rings. The maximum atomic E-state index is 11.7. The maximum Gasteiger partial charge on any atom is 0.254 e. The van der Waals surface area contributed by atoms with E-state index in [2.05, 4.69) is 17.1 Å². The summed E-state index contributed by atoms with van der Waals surface area (Å²) in [5.41, 5.74) is 2.10. The Kier molecular flexibility index (Phi) is 4.20. The van der Waals surface area contributed by atoms with Gasteiger partial charge in [-0.1, -0.05) is 49.0 Å². The summed E-state index contributed by atoms with van der Waals surface area (Å²) in [4.78, 5) is 16.2. The number of aryl methyl sites for hydroxylation is 1. The second-order valence-electron chi connectivity index (χ2n) is 4.06. The van der Waals surface area contributed by atoms with Gasteiger partial charge in [0.2, 0.25) is 0 Å². The molecule has 3 nitrogen and oxygen atoms in total. The Bertz CT molecular complexity index is 578. The van der Waals surface area contributed by atoms with Crippen LogP contribution in [0.3, 0.4) is 0 Å². The molecule has 18 heavy (non-hydrogen) atoms. The highest BCUT2D eigenvalue weighted by molar-refractivity contribution is 7.98. The lowest BCUT2D eigenvalue weighted by Crippen LogP contribution is -2.20. The Morgan fingerprint density at radius 2 is 2.00 bits per heavy atom. The zero-order chi connectivity index (χ0) is 13.0. The number of thioether (sulfide) groups is 1. The molecule has 0 radical (unpaired) electrons. The first kappa shape index (κ1) is 12.9. The van der Waals surface area contributed by atoms with Crippen molar-refractivity contribution in [3.8, 4) is 0 Å². The summed E-state index contributed by atoms with van der Waals surface area (Å²) in [6.07, 6.45) is 0.787. The Morgan fingerprint density at radius 1 is 1.28 bits per heavy atom. The van der Waals surface area contributed by atoms with E-state index >= 15 is 0 Å². The SMILES string of the molecule is CCc1cc(=O)n(C)c(SCc2ccccc2)n1. The van der Waals surface area contributed by atoms with E-state index in [1.807, 2.05) is 25.1 Å². The minimum Gasteiger partial charge on any atom is -0.291 e. The molecule has 1 heterocycles. The summed E-state index contributed by atoms with van der Waals surface area (Å²) in [6, 6.07) is 11.8. The van der Waals surface area contributed by atoms with Gasteiger partial charge in [0.15, 0.2) is 5.16 Å². The van der Waals surface area contributed by atoms with Gasteiger partial charge in [-0.05, 0) is 12.0 Å². The van der Waals surface area contributed by atoms with Gasteiger partial charge in [0, 0.05) is 24.6 Å². The maximum absolute atomic E-state index is 11.7. The molecular formula is C14H16N2OS. The molecule has 0 aliphatic carbocycles. The normalized spacial score (nSPS) is 10.6. The highest BCUT2D eigenvalue weighted by Gasteiger charge is 2.05. The molecule has 0 spiro atoms. The van der Waals surface area contributed by atoms with E-state index in [0.717, 1.165) is 23.0 Å². The van der Waals surface area contributed by atoms with Crippen LogP contribution in [0.15, 0.2) is 46.3 Å². The Hall–Kier alpha value is -1.55. The van der Waals surface area contributed by atoms with Crippen LogP contribution in [0.25, 0.3) is 0 Å². The summed E-state index contributed by atoms with van der Waals surface area (Å²) in [5.74, 6) is 0.828. The number of rotatable bonds is 4. The highest BCUT2D eigenvalue weighted by Crippen LogP contribution is 2.19. The van der Waals surface area contributed by atoms with Crippen molar-refractivity contribution in [2.24, 2.45) is 7.05 Å². The van der Waals surface area contributed by atoms with Crippen molar-refractivity contribution in [1.29, 1.82) is 0 Å². The quantitative estimate of drug-likeness (QED) is 0.626. The van der Waals surface area contributed by atoms with E-state index in [1.165, 1.54) is 5.56 Å². The highest BCUT2D eigenvalue weighted by atomic mass is 32.2. The van der Waals surface area contributed by atoms with Crippen LogP contribution in [0, 0.1) is 0 Å². The lowest BCUT2D eigenvalue weighted by Gasteiger charge is -2.08. The first-order valence-corrected chi connectivity index (χ1v) is 6.93. The molecule has 0 unspecified atom stereocenters. The predicted molar refractivity (Wildman–Crippen MR) is 74.9 cm³/mol. The monoisotopic (exact) mass is 260 g/mol. The van der Waals surface area contributed by atoms with Crippen LogP contribution >= 0.6 is 11.8 Å². The second kappa shape index (κ2) is 5.87. The molecular weight excluding hydrogens is 244 g/mol. The fourth-order valence-corrected chi connectivity index (χ4v) is 2.55. The third kappa shape index (κ3) is 3.01. The topological polar surface area (TPSA) is 34.9 Å². The number of hydrogen-bond donors (Lipinski definition) is 0. The zero-order valence-corrected chi connectivity index (χ0v) is 11.4. The van der Waals surface area contributed by atoms with E-state index in [4.69, 9.17) is 0 Å². The predicted octanol–water partition coefficient (Wildman–Crippen LogP) is 2.64. The average molecular weight is 260 g/mol. The Labute approximate surface area is 111 Å². The van der Waals surface area contributed by atoms with Gasteiger partial charge < -0.3 is 0 Å². The molecule has 1 aromatic carbocycles. The minimum atomic E-state index is 0.0115. The van der Waals surface area contributed by atoms with Crippen LogP contribution in [0.4, 0.5) is 0 Å². The van der Waals surface area contributed by atoms with Gasteiger partial charge >= 0.3 is 0 Å². The fourth-order valence-electron chi connectivity index (χ4n) is 1.60. The third-order valence-electron chi connectivity index (χ3n) is 2.72. The molecule has 0 atom stereocenters. The second-order valence-corrected chi connectivity index (χ2v) is 5.00. The van der Waals surface area contributed by atoms with Crippen molar-refractivity contribution in [1.82, 2.24) is 9.55 Å². The molecule has 0 N–H and O–H groups in total. The van der Waals surface area contributed by atoms with Crippen LogP contribution in [0.2, 0.25) is 0 Å². The average Bonchev–Trinajstić information content (AvgIpc) is 2.41. The molecule has 94 valence electrons. The van der Waals surface area contributed by atoms with Gasteiger partial charge in [-0.15, -0.1) is 0 Å². The van der Waals surface area contributed by atoms with Crippen LogP contribution in [-0.4, -0.2) is 9.55 Å². The summed E-state index contributed by atoms with van der Waals surface area (Å²) < 4.78 is 1.60. The standard InChI is InChI=1S/C14H16N2OS/c1-3-12-9-13(17)16(2)14(15-12)18-10-11-7-5-4-6-8-11/h4-9H,3,10H2,1-2H3. The summed E-state index contributed by atoms with van der Waals surface area (Å²) in [5, 5.41) is 0.781. The Morgan fingerprint density at radius 3 is 2.67 bits per heavy atom. The summed E-state index contributed by atoms with van der Waals surface area (Å²) >= 11 is 1.60. The van der Waals surface area contributed by atoms with E-state index < -0.39 is 0 Å². The smallest absolute Gasteiger partial charge is 0.254 e.